The van der Waals surface area contributed by atoms with E-state index in [1.807, 2.05) is 37.3 Å². The number of imide groups is 1. The summed E-state index contributed by atoms with van der Waals surface area (Å²) in [5.41, 5.74) is 3.07. The molecule has 33 heavy (non-hydrogen) atoms. The maximum absolute atomic E-state index is 12.9. The van der Waals surface area contributed by atoms with Crippen molar-refractivity contribution in [3.8, 4) is 0 Å². The number of rotatable bonds is 6. The molecule has 0 unspecified atom stereocenters. The number of benzene rings is 3. The molecule has 1 aliphatic heterocycles. The van der Waals surface area contributed by atoms with Gasteiger partial charge in [0.05, 0.1) is 6.54 Å². The lowest BCUT2D eigenvalue weighted by molar-refractivity contribution is -0.138. The number of carbonyl (C=O) groups is 3. The van der Waals surface area contributed by atoms with Crippen LogP contribution in [0, 0.1) is 6.92 Å². The fraction of sp³-hybridized carbons (Fsp3) is 0.0800. The molecule has 2 N–H and O–H groups in total. The second-order valence-electron chi connectivity index (χ2n) is 7.49. The fourth-order valence-electron chi connectivity index (χ4n) is 3.41. The van der Waals surface area contributed by atoms with Gasteiger partial charge in [0.1, 0.15) is 10.7 Å². The molecule has 0 saturated heterocycles. The van der Waals surface area contributed by atoms with Crippen LogP contribution in [0.4, 0.5) is 11.4 Å². The molecule has 0 bridgehead atoms. The van der Waals surface area contributed by atoms with Crippen LogP contribution in [0.2, 0.25) is 5.02 Å². The molecule has 166 valence electrons. The molecule has 0 spiro atoms. The zero-order valence-electron chi connectivity index (χ0n) is 17.6. The summed E-state index contributed by atoms with van der Waals surface area (Å²) in [6.07, 6.45) is 0. The van der Waals surface area contributed by atoms with Gasteiger partial charge >= 0.3 is 0 Å². The molecule has 0 atom stereocenters. The van der Waals surface area contributed by atoms with Crippen LogP contribution < -0.4 is 10.6 Å². The van der Waals surface area contributed by atoms with Crippen LogP contribution >= 0.6 is 23.2 Å². The molecule has 4 rings (SSSR count). The molecule has 6 nitrogen and oxygen atoms in total. The van der Waals surface area contributed by atoms with Gasteiger partial charge < -0.3 is 10.6 Å². The summed E-state index contributed by atoms with van der Waals surface area (Å²) in [7, 11) is 0. The highest BCUT2D eigenvalue weighted by Crippen LogP contribution is 2.27. The Balaban J connectivity index is 1.50. The highest BCUT2D eigenvalue weighted by atomic mass is 35.5. The second kappa shape index (κ2) is 9.48. The number of halogens is 2. The molecule has 8 heteroatoms. The predicted octanol–water partition coefficient (Wildman–Crippen LogP) is 5.33. The van der Waals surface area contributed by atoms with Crippen LogP contribution in [0.1, 0.15) is 21.5 Å². The molecule has 0 aromatic heterocycles. The van der Waals surface area contributed by atoms with Crippen LogP contribution in [0.15, 0.2) is 83.5 Å². The minimum atomic E-state index is -0.569. The Hall–Kier alpha value is -3.61. The SMILES string of the molecule is Cc1cc(Cl)ccc1NC(=O)c1cccc(NC2=C(Cl)C(=O)N(Cc3ccccc3)C2=O)c1. The van der Waals surface area contributed by atoms with Crippen molar-refractivity contribution in [2.75, 3.05) is 10.6 Å². The van der Waals surface area contributed by atoms with Gasteiger partial charge in [-0.05, 0) is 54.4 Å². The normalized spacial score (nSPS) is 13.5. The molecule has 3 aromatic rings. The van der Waals surface area contributed by atoms with Crippen LogP contribution in [-0.2, 0) is 16.1 Å². The number of anilines is 2. The van der Waals surface area contributed by atoms with Crippen LogP contribution in [-0.4, -0.2) is 22.6 Å². The molecule has 0 aliphatic carbocycles. The number of aryl methyl sites for hydroxylation is 1. The van der Waals surface area contributed by atoms with Crippen molar-refractivity contribution in [3.05, 3.63) is 105 Å². The first kappa shape index (κ1) is 22.6. The lowest BCUT2D eigenvalue weighted by atomic mass is 10.1. The van der Waals surface area contributed by atoms with Crippen molar-refractivity contribution in [1.82, 2.24) is 4.90 Å². The van der Waals surface area contributed by atoms with Gasteiger partial charge in [0.15, 0.2) is 0 Å². The Labute approximate surface area is 200 Å². The Morgan fingerprint density at radius 1 is 0.909 bits per heavy atom. The van der Waals surface area contributed by atoms with Gasteiger partial charge in [-0.15, -0.1) is 0 Å². The minimum absolute atomic E-state index is 0.0244. The van der Waals surface area contributed by atoms with Crippen LogP contribution in [0.5, 0.6) is 0 Å². The fourth-order valence-corrected chi connectivity index (χ4v) is 3.87. The highest BCUT2D eigenvalue weighted by Gasteiger charge is 2.37. The topological polar surface area (TPSA) is 78.5 Å². The van der Waals surface area contributed by atoms with Crippen LogP contribution in [0.3, 0.4) is 0 Å². The largest absolute Gasteiger partial charge is 0.350 e. The van der Waals surface area contributed by atoms with Gasteiger partial charge in [0.2, 0.25) is 0 Å². The van der Waals surface area contributed by atoms with Crippen LogP contribution in [0.25, 0.3) is 0 Å². The van der Waals surface area contributed by atoms with E-state index in [1.54, 1.807) is 42.5 Å². The molecule has 0 saturated carbocycles. The molecular weight excluding hydrogens is 461 g/mol. The molecule has 3 amide bonds. The third kappa shape index (κ3) is 4.92. The van der Waals surface area contributed by atoms with Gasteiger partial charge in [-0.1, -0.05) is 59.6 Å². The summed E-state index contributed by atoms with van der Waals surface area (Å²) >= 11 is 12.2. The Morgan fingerprint density at radius 2 is 1.67 bits per heavy atom. The molecule has 0 fully saturated rings. The smallest absolute Gasteiger partial charge is 0.279 e. The number of amides is 3. The van der Waals surface area contributed by atoms with Gasteiger partial charge in [-0.25, -0.2) is 0 Å². The first-order valence-corrected chi connectivity index (χ1v) is 10.8. The number of nitrogens with one attached hydrogen (secondary N) is 2. The Bertz CT molecular complexity index is 1290. The maximum atomic E-state index is 12.9. The van der Waals surface area contributed by atoms with E-state index in [2.05, 4.69) is 10.6 Å². The molecular formula is C25H19Cl2N3O3. The third-order valence-corrected chi connectivity index (χ3v) is 5.71. The Kier molecular flexibility index (Phi) is 6.49. The summed E-state index contributed by atoms with van der Waals surface area (Å²) in [5.74, 6) is -1.43. The van der Waals surface area contributed by atoms with E-state index >= 15 is 0 Å². The van der Waals surface area contributed by atoms with E-state index < -0.39 is 11.8 Å². The lowest BCUT2D eigenvalue weighted by Gasteiger charge is -2.15. The summed E-state index contributed by atoms with van der Waals surface area (Å²) in [4.78, 5) is 39.2. The number of nitrogens with zero attached hydrogens (tertiary/aromatic N) is 1. The van der Waals surface area contributed by atoms with Crippen molar-refractivity contribution in [3.63, 3.8) is 0 Å². The number of hydrogen-bond acceptors (Lipinski definition) is 4. The van der Waals surface area contributed by atoms with Crippen molar-refractivity contribution < 1.29 is 14.4 Å². The van der Waals surface area contributed by atoms with Crippen molar-refractivity contribution in [1.29, 1.82) is 0 Å². The monoisotopic (exact) mass is 479 g/mol. The molecule has 0 radical (unpaired) electrons. The molecule has 1 heterocycles. The van der Waals surface area contributed by atoms with Gasteiger partial charge in [0.25, 0.3) is 17.7 Å². The molecule has 3 aromatic carbocycles. The number of hydrogen-bond donors (Lipinski definition) is 2. The average Bonchev–Trinajstić information content (AvgIpc) is 3.00. The summed E-state index contributed by atoms with van der Waals surface area (Å²) in [6, 6.07) is 20.9. The first-order chi connectivity index (χ1) is 15.8. The van der Waals surface area contributed by atoms with Crippen molar-refractivity contribution in [2.24, 2.45) is 0 Å². The number of carbonyl (C=O) groups excluding carboxylic acids is 3. The zero-order valence-corrected chi connectivity index (χ0v) is 19.1. The minimum Gasteiger partial charge on any atom is -0.350 e. The van der Waals surface area contributed by atoms with E-state index in [0.717, 1.165) is 16.0 Å². The highest BCUT2D eigenvalue weighted by molar-refractivity contribution is 6.48. The quantitative estimate of drug-likeness (QED) is 0.468. The lowest BCUT2D eigenvalue weighted by Crippen LogP contribution is -2.31. The van der Waals surface area contributed by atoms with Gasteiger partial charge in [-0.2, -0.15) is 0 Å². The maximum Gasteiger partial charge on any atom is 0.279 e. The average molecular weight is 480 g/mol. The predicted molar refractivity (Wildman–Crippen MR) is 129 cm³/mol. The molecule has 1 aliphatic rings. The van der Waals surface area contributed by atoms with E-state index in [0.29, 0.717) is 22.0 Å². The first-order valence-electron chi connectivity index (χ1n) is 10.1. The van der Waals surface area contributed by atoms with E-state index in [9.17, 15) is 14.4 Å². The van der Waals surface area contributed by atoms with Gasteiger partial charge in [0, 0.05) is 22.0 Å². The summed E-state index contributed by atoms with van der Waals surface area (Å²) in [6.45, 7) is 1.96. The van der Waals surface area contributed by atoms with E-state index in [1.165, 1.54) is 0 Å². The van der Waals surface area contributed by atoms with Crippen molar-refractivity contribution >= 4 is 52.3 Å². The summed E-state index contributed by atoms with van der Waals surface area (Å²) < 4.78 is 0. The van der Waals surface area contributed by atoms with E-state index in [4.69, 9.17) is 23.2 Å². The second-order valence-corrected chi connectivity index (χ2v) is 8.30. The summed E-state index contributed by atoms with van der Waals surface area (Å²) in [5, 5.41) is 6.13. The third-order valence-electron chi connectivity index (χ3n) is 5.13. The standard InChI is InChI=1S/C25H19Cl2N3O3/c1-15-12-18(26)10-11-20(15)29-23(31)17-8-5-9-19(13-17)28-22-21(27)24(32)30(25(22)33)14-16-6-3-2-4-7-16/h2-13,28H,14H2,1H3,(H,29,31). The Morgan fingerprint density at radius 3 is 2.39 bits per heavy atom. The van der Waals surface area contributed by atoms with E-state index in [-0.39, 0.29) is 23.2 Å². The van der Waals surface area contributed by atoms with Crippen molar-refractivity contribution in [2.45, 2.75) is 13.5 Å². The van der Waals surface area contributed by atoms with Gasteiger partial charge in [-0.3, -0.25) is 19.3 Å². The zero-order chi connectivity index (χ0) is 23.5.